The summed E-state index contributed by atoms with van der Waals surface area (Å²) in [7, 11) is 1.58. The van der Waals surface area contributed by atoms with Gasteiger partial charge < -0.3 is 14.6 Å². The van der Waals surface area contributed by atoms with Crippen LogP contribution in [0, 0.1) is 13.8 Å². The SMILES string of the molecule is COc1ccc(-c2nn(C(C)C(=O)Nc3cc(Cl)ccc3C)c(=O)c3noc(C)c23)cc1. The third kappa shape index (κ3) is 3.85. The molecule has 8 nitrogen and oxygen atoms in total. The number of amides is 1. The first-order valence-corrected chi connectivity index (χ1v) is 10.3. The van der Waals surface area contributed by atoms with Gasteiger partial charge in [0.2, 0.25) is 5.91 Å². The first kappa shape index (κ1) is 21.6. The molecule has 0 fully saturated rings. The minimum atomic E-state index is -0.917. The summed E-state index contributed by atoms with van der Waals surface area (Å²) in [5.41, 5.74) is 2.23. The van der Waals surface area contributed by atoms with Crippen LogP contribution in [0.25, 0.3) is 22.2 Å². The largest absolute Gasteiger partial charge is 0.497 e. The molecule has 1 N–H and O–H groups in total. The third-order valence-corrected chi connectivity index (χ3v) is 5.52. The summed E-state index contributed by atoms with van der Waals surface area (Å²) in [5.74, 6) is 0.740. The van der Waals surface area contributed by atoms with Crippen LogP contribution >= 0.6 is 11.6 Å². The zero-order chi connectivity index (χ0) is 23.0. The van der Waals surface area contributed by atoms with Gasteiger partial charge in [-0.3, -0.25) is 9.59 Å². The van der Waals surface area contributed by atoms with Gasteiger partial charge in [-0.2, -0.15) is 5.10 Å². The van der Waals surface area contributed by atoms with Crippen molar-refractivity contribution in [3.05, 3.63) is 69.2 Å². The number of benzene rings is 2. The van der Waals surface area contributed by atoms with Gasteiger partial charge in [0, 0.05) is 16.3 Å². The summed E-state index contributed by atoms with van der Waals surface area (Å²) in [6.07, 6.45) is 0. The second-order valence-corrected chi connectivity index (χ2v) is 7.85. The van der Waals surface area contributed by atoms with Crippen molar-refractivity contribution in [3.8, 4) is 17.0 Å². The number of aromatic nitrogens is 3. The van der Waals surface area contributed by atoms with E-state index in [0.717, 1.165) is 15.8 Å². The Morgan fingerprint density at radius 1 is 1.19 bits per heavy atom. The molecule has 0 radical (unpaired) electrons. The van der Waals surface area contributed by atoms with Crippen LogP contribution in [0.1, 0.15) is 24.3 Å². The summed E-state index contributed by atoms with van der Waals surface area (Å²) in [6, 6.07) is 11.5. The van der Waals surface area contributed by atoms with Crippen LogP contribution in [0.3, 0.4) is 0 Å². The lowest BCUT2D eigenvalue weighted by Gasteiger charge is -2.17. The van der Waals surface area contributed by atoms with E-state index in [-0.39, 0.29) is 5.52 Å². The number of carbonyl (C=O) groups excluding carboxylic acids is 1. The van der Waals surface area contributed by atoms with Crippen LogP contribution in [-0.4, -0.2) is 28.0 Å². The van der Waals surface area contributed by atoms with Crippen LogP contribution in [0.4, 0.5) is 5.69 Å². The average molecular weight is 453 g/mol. The van der Waals surface area contributed by atoms with E-state index in [9.17, 15) is 9.59 Å². The number of nitrogens with one attached hydrogen (secondary N) is 1. The number of nitrogens with zero attached hydrogens (tertiary/aromatic N) is 3. The van der Waals surface area contributed by atoms with Crippen molar-refractivity contribution in [1.82, 2.24) is 14.9 Å². The second-order valence-electron chi connectivity index (χ2n) is 7.41. The standard InChI is InChI=1S/C23H21ClN4O4/c1-12-5-8-16(24)11-18(12)25-22(29)13(2)28-23(30)21-19(14(3)32-27-21)20(26-28)15-6-9-17(31-4)10-7-15/h5-11,13H,1-4H3,(H,25,29). The van der Waals surface area contributed by atoms with Gasteiger partial charge in [-0.1, -0.05) is 22.8 Å². The number of anilines is 1. The molecular formula is C23H21ClN4O4. The molecule has 2 heterocycles. The fraction of sp³-hybridized carbons (Fsp3) is 0.217. The van der Waals surface area contributed by atoms with E-state index >= 15 is 0 Å². The van der Waals surface area contributed by atoms with Crippen molar-refractivity contribution in [2.24, 2.45) is 0 Å². The Morgan fingerprint density at radius 2 is 1.91 bits per heavy atom. The van der Waals surface area contributed by atoms with Gasteiger partial charge in [-0.05, 0) is 62.7 Å². The van der Waals surface area contributed by atoms with Crippen LogP contribution < -0.4 is 15.6 Å². The van der Waals surface area contributed by atoms with E-state index in [4.69, 9.17) is 20.9 Å². The number of hydrogen-bond acceptors (Lipinski definition) is 6. The molecule has 9 heteroatoms. The molecule has 1 atom stereocenters. The van der Waals surface area contributed by atoms with E-state index < -0.39 is 17.5 Å². The van der Waals surface area contributed by atoms with E-state index in [1.54, 1.807) is 51.3 Å². The quantitative estimate of drug-likeness (QED) is 0.477. The van der Waals surface area contributed by atoms with Gasteiger partial charge in [-0.15, -0.1) is 0 Å². The molecule has 164 valence electrons. The lowest BCUT2D eigenvalue weighted by atomic mass is 10.1. The number of hydrogen-bond donors (Lipinski definition) is 1. The Labute approximate surface area is 188 Å². The van der Waals surface area contributed by atoms with E-state index in [1.807, 2.05) is 19.1 Å². The minimum absolute atomic E-state index is 0.113. The highest BCUT2D eigenvalue weighted by molar-refractivity contribution is 6.31. The zero-order valence-corrected chi connectivity index (χ0v) is 18.7. The smallest absolute Gasteiger partial charge is 0.297 e. The Bertz CT molecular complexity index is 1380. The molecule has 0 aliphatic heterocycles. The van der Waals surface area contributed by atoms with Gasteiger partial charge in [0.1, 0.15) is 23.2 Å². The molecule has 4 rings (SSSR count). The molecule has 0 spiro atoms. The van der Waals surface area contributed by atoms with Gasteiger partial charge in [0.05, 0.1) is 12.5 Å². The van der Waals surface area contributed by atoms with Crippen molar-refractivity contribution in [1.29, 1.82) is 0 Å². The second kappa shape index (κ2) is 8.47. The van der Waals surface area contributed by atoms with Crippen molar-refractivity contribution < 1.29 is 14.1 Å². The highest BCUT2D eigenvalue weighted by atomic mass is 35.5. The molecule has 2 aromatic heterocycles. The highest BCUT2D eigenvalue weighted by Gasteiger charge is 2.24. The van der Waals surface area contributed by atoms with Crippen molar-refractivity contribution in [2.75, 3.05) is 12.4 Å². The first-order valence-electron chi connectivity index (χ1n) is 9.90. The zero-order valence-electron chi connectivity index (χ0n) is 18.0. The number of ether oxygens (including phenoxy) is 1. The average Bonchev–Trinajstić information content (AvgIpc) is 3.18. The molecule has 0 saturated heterocycles. The fourth-order valence-electron chi connectivity index (χ4n) is 3.40. The Hall–Kier alpha value is -3.65. The predicted octanol–water partition coefficient (Wildman–Crippen LogP) is 4.53. The van der Waals surface area contributed by atoms with Crippen LogP contribution in [0.5, 0.6) is 5.75 Å². The number of halogens is 1. The first-order chi connectivity index (χ1) is 15.3. The van der Waals surface area contributed by atoms with E-state index in [2.05, 4.69) is 15.6 Å². The molecule has 2 aromatic carbocycles. The maximum absolute atomic E-state index is 13.1. The summed E-state index contributed by atoms with van der Waals surface area (Å²) in [5, 5.41) is 12.3. The Kier molecular flexibility index (Phi) is 5.71. The maximum Gasteiger partial charge on any atom is 0.297 e. The number of rotatable bonds is 5. The topological polar surface area (TPSA) is 99.2 Å². The molecule has 1 amide bonds. The Balaban J connectivity index is 1.80. The molecule has 0 bridgehead atoms. The summed E-state index contributed by atoms with van der Waals surface area (Å²) in [6.45, 7) is 5.17. The maximum atomic E-state index is 13.1. The normalized spacial score (nSPS) is 12.0. The predicted molar refractivity (Wildman–Crippen MR) is 122 cm³/mol. The fourth-order valence-corrected chi connectivity index (χ4v) is 3.57. The molecule has 0 saturated carbocycles. The third-order valence-electron chi connectivity index (χ3n) is 5.29. The van der Waals surface area contributed by atoms with Crippen LogP contribution in [-0.2, 0) is 4.79 Å². The number of aryl methyl sites for hydroxylation is 2. The van der Waals surface area contributed by atoms with Gasteiger partial charge in [-0.25, -0.2) is 4.68 Å². The highest BCUT2D eigenvalue weighted by Crippen LogP contribution is 2.29. The summed E-state index contributed by atoms with van der Waals surface area (Å²) < 4.78 is 11.6. The summed E-state index contributed by atoms with van der Waals surface area (Å²) in [4.78, 5) is 26.1. The number of fused-ring (bicyclic) bond motifs is 1. The minimum Gasteiger partial charge on any atom is -0.497 e. The molecule has 1 unspecified atom stereocenters. The van der Waals surface area contributed by atoms with Crippen LogP contribution in [0.15, 0.2) is 51.8 Å². The molecular weight excluding hydrogens is 432 g/mol. The van der Waals surface area contributed by atoms with Crippen molar-refractivity contribution in [2.45, 2.75) is 26.8 Å². The van der Waals surface area contributed by atoms with E-state index in [1.165, 1.54) is 0 Å². The monoisotopic (exact) mass is 452 g/mol. The summed E-state index contributed by atoms with van der Waals surface area (Å²) >= 11 is 6.05. The van der Waals surface area contributed by atoms with Gasteiger partial charge >= 0.3 is 0 Å². The number of methoxy groups -OCH3 is 1. The van der Waals surface area contributed by atoms with Crippen molar-refractivity contribution >= 4 is 34.1 Å². The molecule has 0 aliphatic carbocycles. The van der Waals surface area contributed by atoms with E-state index in [0.29, 0.717) is 33.3 Å². The van der Waals surface area contributed by atoms with Crippen molar-refractivity contribution in [3.63, 3.8) is 0 Å². The van der Waals surface area contributed by atoms with Crippen LogP contribution in [0.2, 0.25) is 5.02 Å². The lowest BCUT2D eigenvalue weighted by molar-refractivity contribution is -0.119. The van der Waals surface area contributed by atoms with Gasteiger partial charge in [0.15, 0.2) is 5.52 Å². The molecule has 32 heavy (non-hydrogen) atoms. The lowest BCUT2D eigenvalue weighted by Crippen LogP contribution is -2.34. The number of carbonyl (C=O) groups is 1. The molecule has 0 aliphatic rings. The Morgan fingerprint density at radius 3 is 2.59 bits per heavy atom. The van der Waals surface area contributed by atoms with Gasteiger partial charge in [0.25, 0.3) is 5.56 Å². The molecule has 4 aromatic rings.